The number of rotatable bonds is 4. The average Bonchev–Trinajstić information content (AvgIpc) is 2.89. The fraction of sp³-hybridized carbons (Fsp3) is 0.316. The Morgan fingerprint density at radius 3 is 2.67 bits per heavy atom. The smallest absolute Gasteiger partial charge is 0.0666 e. The predicted molar refractivity (Wildman–Crippen MR) is 85.9 cm³/mol. The van der Waals surface area contributed by atoms with Crippen molar-refractivity contribution in [3.8, 4) is 17.2 Å². The van der Waals surface area contributed by atoms with Crippen LogP contribution in [0.3, 0.4) is 0 Å². The Balaban J connectivity index is 1.79. The van der Waals surface area contributed by atoms with Crippen LogP contribution in [-0.4, -0.2) is 6.54 Å². The first-order valence-corrected chi connectivity index (χ1v) is 7.53. The van der Waals surface area contributed by atoms with Crippen LogP contribution in [0.1, 0.15) is 36.6 Å². The van der Waals surface area contributed by atoms with Gasteiger partial charge in [0.15, 0.2) is 0 Å². The highest BCUT2D eigenvalue weighted by Crippen LogP contribution is 2.37. The third kappa shape index (κ3) is 2.70. The lowest BCUT2D eigenvalue weighted by Crippen LogP contribution is -2.23. The molecular weight excluding hydrogens is 256 g/mol. The van der Waals surface area contributed by atoms with Crippen LogP contribution >= 0.6 is 0 Å². The molecule has 3 rings (SSSR count). The summed E-state index contributed by atoms with van der Waals surface area (Å²) in [6.45, 7) is 4.84. The van der Waals surface area contributed by atoms with Crippen molar-refractivity contribution in [2.75, 3.05) is 6.54 Å². The first-order chi connectivity index (χ1) is 10.2. The summed E-state index contributed by atoms with van der Waals surface area (Å²) in [5.74, 6) is 0.0473. The van der Waals surface area contributed by atoms with Gasteiger partial charge in [-0.2, -0.15) is 5.26 Å². The molecule has 0 spiro atoms. The van der Waals surface area contributed by atoms with E-state index >= 15 is 0 Å². The molecule has 0 aliphatic heterocycles. The second-order valence-corrected chi connectivity index (χ2v) is 5.91. The van der Waals surface area contributed by atoms with Crippen LogP contribution in [0.5, 0.6) is 0 Å². The monoisotopic (exact) mass is 276 g/mol. The molecule has 1 aliphatic rings. The Labute approximate surface area is 126 Å². The quantitative estimate of drug-likeness (QED) is 0.779. The van der Waals surface area contributed by atoms with Gasteiger partial charge in [0.25, 0.3) is 0 Å². The highest BCUT2D eigenvalue weighted by molar-refractivity contribution is 5.76. The molecule has 21 heavy (non-hydrogen) atoms. The Morgan fingerprint density at radius 2 is 1.86 bits per heavy atom. The Bertz CT molecular complexity index is 697. The van der Waals surface area contributed by atoms with Gasteiger partial charge < -0.3 is 5.32 Å². The van der Waals surface area contributed by atoms with E-state index in [4.69, 9.17) is 5.26 Å². The molecule has 0 fully saturated rings. The zero-order valence-corrected chi connectivity index (χ0v) is 12.6. The highest BCUT2D eigenvalue weighted by atomic mass is 14.9. The van der Waals surface area contributed by atoms with Gasteiger partial charge in [-0.3, -0.25) is 0 Å². The Hall–Kier alpha value is -2.11. The third-order valence-electron chi connectivity index (χ3n) is 4.27. The molecule has 1 aliphatic carbocycles. The van der Waals surface area contributed by atoms with Crippen LogP contribution in [0.25, 0.3) is 11.1 Å². The number of nitrogens with one attached hydrogen (secondary N) is 1. The molecule has 1 N–H and O–H groups in total. The van der Waals surface area contributed by atoms with Crippen LogP contribution in [0.15, 0.2) is 42.5 Å². The van der Waals surface area contributed by atoms with Crippen LogP contribution in [0.2, 0.25) is 0 Å². The van der Waals surface area contributed by atoms with Gasteiger partial charge in [0.05, 0.1) is 12.0 Å². The average molecular weight is 276 g/mol. The fourth-order valence-electron chi connectivity index (χ4n) is 2.95. The molecule has 0 amide bonds. The number of nitrogens with zero attached hydrogens (tertiary/aromatic N) is 1. The standard InChI is InChI=1S/C19H20N2/c1-13(11-20)12-21-14(2)15-7-8-19-17(9-15)10-16-5-3-4-6-18(16)19/h3-9,13-14,21H,10,12H2,1-2H3. The van der Waals surface area contributed by atoms with Gasteiger partial charge in [0, 0.05) is 12.6 Å². The van der Waals surface area contributed by atoms with E-state index in [2.05, 4.69) is 60.8 Å². The minimum atomic E-state index is 0.0473. The lowest BCUT2D eigenvalue weighted by molar-refractivity contribution is 0.527. The number of hydrogen-bond acceptors (Lipinski definition) is 2. The van der Waals surface area contributed by atoms with E-state index in [1.165, 1.54) is 27.8 Å². The molecule has 2 nitrogen and oxygen atoms in total. The summed E-state index contributed by atoms with van der Waals surface area (Å²) in [5.41, 5.74) is 6.87. The summed E-state index contributed by atoms with van der Waals surface area (Å²) in [5, 5.41) is 12.3. The largest absolute Gasteiger partial charge is 0.309 e. The molecule has 106 valence electrons. The maximum absolute atomic E-state index is 8.86. The zero-order valence-electron chi connectivity index (χ0n) is 12.6. The van der Waals surface area contributed by atoms with Crippen molar-refractivity contribution >= 4 is 0 Å². The molecule has 0 saturated heterocycles. The third-order valence-corrected chi connectivity index (χ3v) is 4.27. The number of benzene rings is 2. The molecule has 0 saturated carbocycles. The van der Waals surface area contributed by atoms with E-state index in [0.29, 0.717) is 0 Å². The molecule has 2 atom stereocenters. The van der Waals surface area contributed by atoms with Crippen molar-refractivity contribution in [1.29, 1.82) is 5.26 Å². The van der Waals surface area contributed by atoms with Crippen molar-refractivity contribution in [3.05, 3.63) is 59.2 Å². The van der Waals surface area contributed by atoms with E-state index < -0.39 is 0 Å². The van der Waals surface area contributed by atoms with Gasteiger partial charge in [-0.15, -0.1) is 0 Å². The molecule has 0 heterocycles. The summed E-state index contributed by atoms with van der Waals surface area (Å²) < 4.78 is 0. The van der Waals surface area contributed by atoms with E-state index in [1.807, 2.05) is 6.92 Å². The first-order valence-electron chi connectivity index (χ1n) is 7.53. The number of nitriles is 1. The minimum absolute atomic E-state index is 0.0473. The normalized spacial score (nSPS) is 14.9. The lowest BCUT2D eigenvalue weighted by Gasteiger charge is -2.16. The van der Waals surface area contributed by atoms with Gasteiger partial charge in [-0.25, -0.2) is 0 Å². The van der Waals surface area contributed by atoms with Gasteiger partial charge in [-0.1, -0.05) is 42.5 Å². The van der Waals surface area contributed by atoms with Crippen molar-refractivity contribution < 1.29 is 0 Å². The Kier molecular flexibility index (Phi) is 3.77. The van der Waals surface area contributed by atoms with Gasteiger partial charge in [-0.05, 0) is 48.1 Å². The summed E-state index contributed by atoms with van der Waals surface area (Å²) in [6, 6.07) is 17.9. The molecule has 0 aromatic heterocycles. The topological polar surface area (TPSA) is 35.8 Å². The molecule has 2 heteroatoms. The fourth-order valence-corrected chi connectivity index (χ4v) is 2.95. The summed E-state index contributed by atoms with van der Waals surface area (Å²) >= 11 is 0. The Morgan fingerprint density at radius 1 is 1.10 bits per heavy atom. The van der Waals surface area contributed by atoms with Crippen LogP contribution in [-0.2, 0) is 6.42 Å². The minimum Gasteiger partial charge on any atom is -0.309 e. The van der Waals surface area contributed by atoms with Gasteiger partial charge in [0.1, 0.15) is 0 Å². The number of hydrogen-bond donors (Lipinski definition) is 1. The van der Waals surface area contributed by atoms with E-state index in [1.54, 1.807) is 0 Å². The lowest BCUT2D eigenvalue weighted by atomic mass is 10.00. The summed E-state index contributed by atoms with van der Waals surface area (Å²) in [7, 11) is 0. The highest BCUT2D eigenvalue weighted by Gasteiger charge is 2.19. The second kappa shape index (κ2) is 5.71. The van der Waals surface area contributed by atoms with Gasteiger partial charge in [0.2, 0.25) is 0 Å². The molecule has 2 aromatic rings. The molecule has 0 bridgehead atoms. The van der Waals surface area contributed by atoms with E-state index in [0.717, 1.165) is 13.0 Å². The first kappa shape index (κ1) is 13.9. The van der Waals surface area contributed by atoms with Crippen molar-refractivity contribution in [3.63, 3.8) is 0 Å². The SMILES string of the molecule is CC(C#N)CNC(C)c1ccc2c(c1)Cc1ccccc1-2. The van der Waals surface area contributed by atoms with E-state index in [-0.39, 0.29) is 12.0 Å². The molecule has 2 unspecified atom stereocenters. The van der Waals surface area contributed by atoms with Crippen LogP contribution in [0, 0.1) is 17.2 Å². The van der Waals surface area contributed by atoms with Crippen molar-refractivity contribution in [1.82, 2.24) is 5.32 Å². The number of fused-ring (bicyclic) bond motifs is 3. The molecular formula is C19H20N2. The van der Waals surface area contributed by atoms with E-state index in [9.17, 15) is 0 Å². The maximum atomic E-state index is 8.86. The predicted octanol–water partition coefficient (Wildman–Crippen LogP) is 4.07. The van der Waals surface area contributed by atoms with Crippen molar-refractivity contribution in [2.45, 2.75) is 26.3 Å². The van der Waals surface area contributed by atoms with Crippen LogP contribution < -0.4 is 5.32 Å². The summed E-state index contributed by atoms with van der Waals surface area (Å²) in [6.07, 6.45) is 1.03. The zero-order chi connectivity index (χ0) is 14.8. The van der Waals surface area contributed by atoms with Crippen molar-refractivity contribution in [2.24, 2.45) is 5.92 Å². The summed E-state index contributed by atoms with van der Waals surface area (Å²) in [4.78, 5) is 0. The molecule has 0 radical (unpaired) electrons. The van der Waals surface area contributed by atoms with Gasteiger partial charge >= 0.3 is 0 Å². The maximum Gasteiger partial charge on any atom is 0.0666 e. The second-order valence-electron chi connectivity index (χ2n) is 5.91. The molecule has 2 aromatic carbocycles. The van der Waals surface area contributed by atoms with Crippen LogP contribution in [0.4, 0.5) is 0 Å².